The number of rotatable bonds is 7. The first-order valence-corrected chi connectivity index (χ1v) is 11.3. The van der Waals surface area contributed by atoms with Crippen LogP contribution in [0.3, 0.4) is 0 Å². The minimum atomic E-state index is -3.70. The molecule has 8 nitrogen and oxygen atoms in total. The minimum absolute atomic E-state index is 0.151. The lowest BCUT2D eigenvalue weighted by Gasteiger charge is -2.32. The van der Waals surface area contributed by atoms with Crippen molar-refractivity contribution in [3.8, 4) is 0 Å². The van der Waals surface area contributed by atoms with E-state index in [0.717, 1.165) is 0 Å². The van der Waals surface area contributed by atoms with E-state index in [4.69, 9.17) is 4.74 Å². The number of carbonyl (C=O) groups excluding carboxylic acids is 2. The molecule has 2 saturated heterocycles. The van der Waals surface area contributed by atoms with Gasteiger partial charge in [-0.05, 0) is 37.5 Å². The highest BCUT2D eigenvalue weighted by Crippen LogP contribution is 2.18. The zero-order chi connectivity index (χ0) is 21.0. The highest BCUT2D eigenvalue weighted by atomic mass is 32.2. The molecule has 2 atom stereocenters. The summed E-state index contributed by atoms with van der Waals surface area (Å²) in [6.45, 7) is 3.92. The summed E-state index contributed by atoms with van der Waals surface area (Å²) in [5, 5.41) is 0. The van der Waals surface area contributed by atoms with Gasteiger partial charge in [-0.25, -0.2) is 17.5 Å². The molecule has 0 spiro atoms. The van der Waals surface area contributed by atoms with Crippen LogP contribution < -0.4 is 4.72 Å². The number of halogens is 1. The Morgan fingerprint density at radius 3 is 2.55 bits per heavy atom. The fourth-order valence-corrected chi connectivity index (χ4v) is 4.83. The summed E-state index contributed by atoms with van der Waals surface area (Å²) in [6, 6.07) is 4.11. The number of hydrogen-bond donors (Lipinski definition) is 1. The Morgan fingerprint density at radius 1 is 1.24 bits per heavy atom. The lowest BCUT2D eigenvalue weighted by atomic mass is 10.2. The molecular formula is C19H26FN3O5S. The van der Waals surface area contributed by atoms with Crippen LogP contribution in [0, 0.1) is 5.82 Å². The summed E-state index contributed by atoms with van der Waals surface area (Å²) in [6.07, 6.45) is 0.529. The number of nitrogens with zero attached hydrogens (tertiary/aromatic N) is 2. The van der Waals surface area contributed by atoms with Crippen LogP contribution in [0.15, 0.2) is 24.3 Å². The normalized spacial score (nSPS) is 21.4. The van der Waals surface area contributed by atoms with Gasteiger partial charge in [-0.1, -0.05) is 12.1 Å². The van der Waals surface area contributed by atoms with Gasteiger partial charge in [-0.3, -0.25) is 9.59 Å². The lowest BCUT2D eigenvalue weighted by Crippen LogP contribution is -2.52. The molecule has 2 aliphatic rings. The molecule has 0 unspecified atom stereocenters. The van der Waals surface area contributed by atoms with E-state index in [1.54, 1.807) is 11.8 Å². The first-order chi connectivity index (χ1) is 13.8. The molecule has 3 rings (SSSR count). The predicted molar refractivity (Wildman–Crippen MR) is 104 cm³/mol. The van der Waals surface area contributed by atoms with E-state index < -0.39 is 22.1 Å². The molecule has 1 aromatic rings. The maximum atomic E-state index is 12.9. The molecule has 160 valence electrons. The maximum absolute atomic E-state index is 12.9. The molecule has 0 radical (unpaired) electrons. The Hall–Kier alpha value is -2.04. The summed E-state index contributed by atoms with van der Waals surface area (Å²) in [5.41, 5.74) is 0.695. The molecule has 2 aliphatic heterocycles. The number of nitrogens with one attached hydrogen (secondary N) is 1. The summed E-state index contributed by atoms with van der Waals surface area (Å²) in [4.78, 5) is 28.4. The SMILES string of the molecule is C[C@@H](C(=O)N1CCOCC1)N1CC[C@H](NS(=O)(=O)CCc2ccc(F)cc2)C1=O. The quantitative estimate of drug-likeness (QED) is 0.668. The molecule has 1 aromatic carbocycles. The summed E-state index contributed by atoms with van der Waals surface area (Å²) in [7, 11) is -3.70. The van der Waals surface area contributed by atoms with Gasteiger partial charge in [-0.15, -0.1) is 0 Å². The van der Waals surface area contributed by atoms with Crippen molar-refractivity contribution in [2.75, 3.05) is 38.6 Å². The van der Waals surface area contributed by atoms with Crippen molar-refractivity contribution in [2.24, 2.45) is 0 Å². The number of likely N-dealkylation sites (tertiary alicyclic amines) is 1. The van der Waals surface area contributed by atoms with Crippen LogP contribution in [0.1, 0.15) is 18.9 Å². The average molecular weight is 427 g/mol. The van der Waals surface area contributed by atoms with E-state index in [-0.39, 0.29) is 29.8 Å². The summed E-state index contributed by atoms with van der Waals surface area (Å²) >= 11 is 0. The molecule has 0 aromatic heterocycles. The van der Waals surface area contributed by atoms with E-state index in [1.165, 1.54) is 29.2 Å². The molecule has 2 heterocycles. The molecule has 29 heavy (non-hydrogen) atoms. The number of ether oxygens (including phenoxy) is 1. The second kappa shape index (κ2) is 9.19. The Bertz CT molecular complexity index is 840. The Labute approximate surface area is 170 Å². The van der Waals surface area contributed by atoms with Gasteiger partial charge in [0.2, 0.25) is 21.8 Å². The Balaban J connectivity index is 1.54. The fraction of sp³-hybridized carbons (Fsp3) is 0.579. The van der Waals surface area contributed by atoms with Crippen molar-refractivity contribution in [2.45, 2.75) is 31.8 Å². The number of sulfonamides is 1. The van der Waals surface area contributed by atoms with Gasteiger partial charge in [0, 0.05) is 19.6 Å². The number of benzene rings is 1. The monoisotopic (exact) mass is 427 g/mol. The van der Waals surface area contributed by atoms with Crippen molar-refractivity contribution >= 4 is 21.8 Å². The van der Waals surface area contributed by atoms with Gasteiger partial charge < -0.3 is 14.5 Å². The van der Waals surface area contributed by atoms with Gasteiger partial charge in [0.25, 0.3) is 0 Å². The molecule has 10 heteroatoms. The van der Waals surface area contributed by atoms with E-state index in [9.17, 15) is 22.4 Å². The average Bonchev–Trinajstić information content (AvgIpc) is 3.06. The van der Waals surface area contributed by atoms with Gasteiger partial charge in [-0.2, -0.15) is 0 Å². The van der Waals surface area contributed by atoms with Gasteiger partial charge in [0.15, 0.2) is 0 Å². The van der Waals surface area contributed by atoms with Crippen LogP contribution in [0.4, 0.5) is 4.39 Å². The number of amides is 2. The second-order valence-corrected chi connectivity index (χ2v) is 9.17. The highest BCUT2D eigenvalue weighted by Gasteiger charge is 2.39. The smallest absolute Gasteiger partial charge is 0.245 e. The van der Waals surface area contributed by atoms with Crippen molar-refractivity contribution < 1.29 is 27.1 Å². The lowest BCUT2D eigenvalue weighted by molar-refractivity contribution is -0.146. The van der Waals surface area contributed by atoms with Crippen LogP contribution in [-0.4, -0.2) is 80.7 Å². The highest BCUT2D eigenvalue weighted by molar-refractivity contribution is 7.89. The number of carbonyl (C=O) groups is 2. The minimum Gasteiger partial charge on any atom is -0.378 e. The molecular weight excluding hydrogens is 401 g/mol. The molecule has 0 bridgehead atoms. The third-order valence-electron chi connectivity index (χ3n) is 5.28. The van der Waals surface area contributed by atoms with Crippen molar-refractivity contribution in [3.05, 3.63) is 35.6 Å². The molecule has 2 fully saturated rings. The van der Waals surface area contributed by atoms with Gasteiger partial charge in [0.1, 0.15) is 17.9 Å². The topological polar surface area (TPSA) is 96.0 Å². The summed E-state index contributed by atoms with van der Waals surface area (Å²) in [5.74, 6) is -1.12. The maximum Gasteiger partial charge on any atom is 0.245 e. The van der Waals surface area contributed by atoms with E-state index in [2.05, 4.69) is 4.72 Å². The second-order valence-electron chi connectivity index (χ2n) is 7.30. The molecule has 0 aliphatic carbocycles. The summed E-state index contributed by atoms with van der Waals surface area (Å²) < 4.78 is 45.4. The fourth-order valence-electron chi connectivity index (χ4n) is 3.56. The molecule has 2 amide bonds. The van der Waals surface area contributed by atoms with E-state index in [1.807, 2.05) is 0 Å². The van der Waals surface area contributed by atoms with Crippen molar-refractivity contribution in [1.29, 1.82) is 0 Å². The van der Waals surface area contributed by atoms with Crippen LogP contribution in [0.25, 0.3) is 0 Å². The first kappa shape index (κ1) is 21.7. The van der Waals surface area contributed by atoms with Crippen molar-refractivity contribution in [3.63, 3.8) is 0 Å². The van der Waals surface area contributed by atoms with E-state index in [0.29, 0.717) is 44.8 Å². The third-order valence-corrected chi connectivity index (χ3v) is 6.67. The molecule has 1 N–H and O–H groups in total. The third kappa shape index (κ3) is 5.52. The standard InChI is InChI=1S/C19H26FN3O5S/c1-14(18(24)22-9-11-28-12-10-22)23-8-6-17(19(23)25)21-29(26,27)13-7-15-2-4-16(20)5-3-15/h2-5,14,17,21H,6-13H2,1H3/t14-,17-/m0/s1. The number of morpholine rings is 1. The van der Waals surface area contributed by atoms with Crippen LogP contribution in [0.2, 0.25) is 0 Å². The van der Waals surface area contributed by atoms with Crippen molar-refractivity contribution in [1.82, 2.24) is 14.5 Å². The number of hydrogen-bond acceptors (Lipinski definition) is 5. The molecule has 0 saturated carbocycles. The predicted octanol–water partition coefficient (Wildman–Crippen LogP) is 0.136. The first-order valence-electron chi connectivity index (χ1n) is 9.68. The van der Waals surface area contributed by atoms with Crippen LogP contribution >= 0.6 is 0 Å². The number of aryl methyl sites for hydroxylation is 1. The van der Waals surface area contributed by atoms with Gasteiger partial charge >= 0.3 is 0 Å². The van der Waals surface area contributed by atoms with E-state index >= 15 is 0 Å². The van der Waals surface area contributed by atoms with Gasteiger partial charge in [0.05, 0.1) is 19.0 Å². The Kier molecular flexibility index (Phi) is 6.86. The zero-order valence-electron chi connectivity index (χ0n) is 16.3. The van der Waals surface area contributed by atoms with Crippen LogP contribution in [0.5, 0.6) is 0 Å². The zero-order valence-corrected chi connectivity index (χ0v) is 17.2. The Morgan fingerprint density at radius 2 is 1.90 bits per heavy atom. The van der Waals surface area contributed by atoms with Crippen LogP contribution in [-0.2, 0) is 30.8 Å². The largest absolute Gasteiger partial charge is 0.378 e.